The molecule has 0 spiro atoms. The van der Waals surface area contributed by atoms with Crippen molar-refractivity contribution in [2.75, 3.05) is 18.5 Å². The van der Waals surface area contributed by atoms with Crippen molar-refractivity contribution in [2.24, 2.45) is 0 Å². The van der Waals surface area contributed by atoms with Crippen LogP contribution in [0.5, 0.6) is 0 Å². The molecular formula is C9H22ClP. The summed E-state index contributed by atoms with van der Waals surface area (Å²) in [5.41, 5.74) is 0.683. The first-order valence-corrected chi connectivity index (χ1v) is 8.42. The average Bonchev–Trinajstić information content (AvgIpc) is 2.03. The zero-order valence-electron chi connectivity index (χ0n) is 8.52. The van der Waals surface area contributed by atoms with Crippen LogP contribution in [0.2, 0.25) is 0 Å². The normalized spacial score (nSPS) is 16.5. The van der Waals surface area contributed by atoms with E-state index in [-0.39, 0.29) is 0 Å². The third-order valence-electron chi connectivity index (χ3n) is 3.54. The number of hydrogen-bond acceptors (Lipinski definition) is 0. The molecule has 0 aliphatic carbocycles. The Hall–Kier alpha value is 0.720. The molecule has 0 amide bonds. The second-order valence-electron chi connectivity index (χ2n) is 3.72. The predicted octanol–water partition coefficient (Wildman–Crippen LogP) is 4.16. The molecule has 0 nitrogen and oxygen atoms in total. The van der Waals surface area contributed by atoms with Crippen LogP contribution in [-0.2, 0) is 0 Å². The van der Waals surface area contributed by atoms with Crippen LogP contribution < -0.4 is 0 Å². The Morgan fingerprint density at radius 1 is 1.00 bits per heavy atom. The third-order valence-corrected chi connectivity index (χ3v) is 13.9. The van der Waals surface area contributed by atoms with Crippen LogP contribution >= 0.6 is 17.2 Å². The SMILES string of the molecule is CCP(Cl)(CC)(CC)C(C)C. The van der Waals surface area contributed by atoms with E-state index in [9.17, 15) is 0 Å². The summed E-state index contributed by atoms with van der Waals surface area (Å²) in [5.74, 6) is -1.79. The molecule has 0 aromatic rings. The Morgan fingerprint density at radius 3 is 1.27 bits per heavy atom. The number of halogens is 1. The van der Waals surface area contributed by atoms with Crippen LogP contribution in [0.25, 0.3) is 0 Å². The molecule has 11 heavy (non-hydrogen) atoms. The summed E-state index contributed by atoms with van der Waals surface area (Å²) in [6, 6.07) is 0. The van der Waals surface area contributed by atoms with E-state index in [0.717, 1.165) is 0 Å². The van der Waals surface area contributed by atoms with Crippen molar-refractivity contribution >= 4 is 17.2 Å². The monoisotopic (exact) mass is 196 g/mol. The van der Waals surface area contributed by atoms with Gasteiger partial charge in [-0.05, 0) is 0 Å². The molecule has 0 aromatic heterocycles. The van der Waals surface area contributed by atoms with E-state index in [1.165, 1.54) is 18.5 Å². The maximum atomic E-state index is 6.82. The van der Waals surface area contributed by atoms with Gasteiger partial charge in [0.05, 0.1) is 0 Å². The Morgan fingerprint density at radius 2 is 1.27 bits per heavy atom. The van der Waals surface area contributed by atoms with Gasteiger partial charge in [-0.2, -0.15) is 0 Å². The van der Waals surface area contributed by atoms with Crippen molar-refractivity contribution in [1.29, 1.82) is 0 Å². The molecule has 0 aliphatic rings. The first-order chi connectivity index (χ1) is 4.93. The summed E-state index contributed by atoms with van der Waals surface area (Å²) in [5, 5.41) is 0. The standard InChI is InChI=1S/C9H22ClP/c1-6-11(10,7-2,8-3)9(4)5/h9H,6-8H2,1-5H3. The van der Waals surface area contributed by atoms with E-state index in [2.05, 4.69) is 34.6 Å². The molecule has 0 rings (SSSR count). The molecule has 0 radical (unpaired) electrons. The third kappa shape index (κ3) is 1.90. The molecule has 0 aromatic carbocycles. The molecule has 0 N–H and O–H groups in total. The van der Waals surface area contributed by atoms with Gasteiger partial charge >= 0.3 is 76.0 Å². The molecule has 0 aliphatic heterocycles. The van der Waals surface area contributed by atoms with E-state index in [1.807, 2.05) is 0 Å². The van der Waals surface area contributed by atoms with Crippen LogP contribution in [0.15, 0.2) is 0 Å². The van der Waals surface area contributed by atoms with Gasteiger partial charge in [0.25, 0.3) is 0 Å². The molecule has 2 heteroatoms. The summed E-state index contributed by atoms with van der Waals surface area (Å²) < 4.78 is 0. The first kappa shape index (κ1) is 11.7. The molecule has 0 unspecified atom stereocenters. The van der Waals surface area contributed by atoms with Crippen molar-refractivity contribution in [1.82, 2.24) is 0 Å². The molecule has 0 fully saturated rings. The molecule has 0 bridgehead atoms. The summed E-state index contributed by atoms with van der Waals surface area (Å²) in [4.78, 5) is 0. The van der Waals surface area contributed by atoms with Crippen LogP contribution in [0.3, 0.4) is 0 Å². The fourth-order valence-electron chi connectivity index (χ4n) is 1.77. The van der Waals surface area contributed by atoms with Crippen molar-refractivity contribution in [2.45, 2.75) is 40.3 Å². The van der Waals surface area contributed by atoms with Gasteiger partial charge in [0.1, 0.15) is 0 Å². The van der Waals surface area contributed by atoms with Gasteiger partial charge < -0.3 is 0 Å². The van der Waals surface area contributed by atoms with Crippen molar-refractivity contribution in [3.8, 4) is 0 Å². The molecule has 0 atom stereocenters. The predicted molar refractivity (Wildman–Crippen MR) is 59.5 cm³/mol. The van der Waals surface area contributed by atoms with Crippen molar-refractivity contribution < 1.29 is 0 Å². The van der Waals surface area contributed by atoms with Crippen molar-refractivity contribution in [3.05, 3.63) is 0 Å². The van der Waals surface area contributed by atoms with Crippen LogP contribution in [0.4, 0.5) is 0 Å². The van der Waals surface area contributed by atoms with Crippen molar-refractivity contribution in [3.63, 3.8) is 0 Å². The Bertz CT molecular complexity index is 117. The average molecular weight is 197 g/mol. The van der Waals surface area contributed by atoms with E-state index in [1.54, 1.807) is 0 Å². The van der Waals surface area contributed by atoms with Gasteiger partial charge in [0, 0.05) is 0 Å². The fraction of sp³-hybridized carbons (Fsp3) is 1.00. The van der Waals surface area contributed by atoms with Gasteiger partial charge in [-0.25, -0.2) is 0 Å². The van der Waals surface area contributed by atoms with E-state index in [4.69, 9.17) is 11.2 Å². The molecule has 0 saturated heterocycles. The minimum absolute atomic E-state index is 0.683. The summed E-state index contributed by atoms with van der Waals surface area (Å²) >= 11 is 6.82. The Labute approximate surface area is 76.4 Å². The molecule has 70 valence electrons. The Balaban J connectivity index is 4.74. The number of hydrogen-bond donors (Lipinski definition) is 0. The fourth-order valence-corrected chi connectivity index (χ4v) is 5.30. The van der Waals surface area contributed by atoms with E-state index >= 15 is 0 Å². The summed E-state index contributed by atoms with van der Waals surface area (Å²) in [7, 11) is 0. The minimum atomic E-state index is -1.79. The summed E-state index contributed by atoms with van der Waals surface area (Å²) in [6.07, 6.45) is 3.58. The van der Waals surface area contributed by atoms with Gasteiger partial charge in [-0.1, -0.05) is 0 Å². The van der Waals surface area contributed by atoms with Gasteiger partial charge in [-0.15, -0.1) is 0 Å². The molecular weight excluding hydrogens is 175 g/mol. The first-order valence-electron chi connectivity index (χ1n) is 4.65. The second-order valence-corrected chi connectivity index (χ2v) is 12.7. The number of rotatable bonds is 4. The zero-order chi connectivity index (χ0) is 9.15. The maximum absolute atomic E-state index is 6.82. The summed E-state index contributed by atoms with van der Waals surface area (Å²) in [6.45, 7) is 11.3. The van der Waals surface area contributed by atoms with Gasteiger partial charge in [0.2, 0.25) is 0 Å². The molecule has 0 heterocycles. The van der Waals surface area contributed by atoms with Crippen LogP contribution in [0, 0.1) is 0 Å². The topological polar surface area (TPSA) is 0 Å². The van der Waals surface area contributed by atoms with E-state index < -0.39 is 5.96 Å². The van der Waals surface area contributed by atoms with Gasteiger partial charge in [-0.3, -0.25) is 0 Å². The van der Waals surface area contributed by atoms with Gasteiger partial charge in [0.15, 0.2) is 0 Å². The van der Waals surface area contributed by atoms with E-state index in [0.29, 0.717) is 5.66 Å². The Kier molecular flexibility index (Phi) is 3.86. The van der Waals surface area contributed by atoms with Crippen LogP contribution in [-0.4, -0.2) is 24.1 Å². The zero-order valence-corrected chi connectivity index (χ0v) is 10.2. The molecule has 0 saturated carbocycles. The second kappa shape index (κ2) is 3.62. The van der Waals surface area contributed by atoms with Crippen LogP contribution in [0.1, 0.15) is 34.6 Å². The quantitative estimate of drug-likeness (QED) is 0.593.